The average molecular weight is 429 g/mol. The summed E-state index contributed by atoms with van der Waals surface area (Å²) in [7, 11) is 4.28. The molecule has 0 amide bonds. The van der Waals surface area contributed by atoms with Gasteiger partial charge in [-0.1, -0.05) is 12.6 Å². The van der Waals surface area contributed by atoms with Crippen molar-refractivity contribution in [1.29, 1.82) is 0 Å². The molecule has 3 aromatic rings. The van der Waals surface area contributed by atoms with Crippen molar-refractivity contribution in [2.45, 2.75) is 26.2 Å². The smallest absolute Gasteiger partial charge is 0.126 e. The number of fused-ring (bicyclic) bond motifs is 7. The minimum absolute atomic E-state index is 0.526. The molecule has 0 saturated heterocycles. The lowest BCUT2D eigenvalue weighted by atomic mass is 10.0. The predicted molar refractivity (Wildman–Crippen MR) is 135 cm³/mol. The summed E-state index contributed by atoms with van der Waals surface area (Å²) in [6.07, 6.45) is 8.43. The van der Waals surface area contributed by atoms with Crippen LogP contribution < -0.4 is 20.9 Å². The van der Waals surface area contributed by atoms with Crippen LogP contribution in [0.2, 0.25) is 0 Å². The lowest BCUT2D eigenvalue weighted by molar-refractivity contribution is 0.707. The fourth-order valence-corrected chi connectivity index (χ4v) is 4.20. The maximum atomic E-state index is 6.22. The molecular weight excluding hydrogens is 396 g/mol. The Bertz CT molecular complexity index is 1120. The Balaban J connectivity index is 1.72. The number of nitrogens with two attached hydrogens (primary N) is 1. The molecule has 2 aromatic heterocycles. The molecule has 1 aromatic carbocycles. The van der Waals surface area contributed by atoms with Gasteiger partial charge in [0.05, 0.1) is 11.9 Å². The summed E-state index contributed by atoms with van der Waals surface area (Å²) < 4.78 is 0. The number of pyridine rings is 2. The molecule has 166 valence electrons. The van der Waals surface area contributed by atoms with E-state index in [4.69, 9.17) is 5.73 Å². The standard InChI is InChI=1S/C26H32N6/c1-18-12-20-13-21(16-29-26(20)27)22-14-23(17-28-15-22)31(3)10-5-6-11-32(4)25-9-7-8-24(30-18)19(25)2/h7-9,13-17,30H,1,5-6,10-12H2,2-4H3,(H2,27,29). The summed E-state index contributed by atoms with van der Waals surface area (Å²) in [5, 5.41) is 3.50. The van der Waals surface area contributed by atoms with Gasteiger partial charge in [-0.3, -0.25) is 4.98 Å². The maximum Gasteiger partial charge on any atom is 0.126 e. The van der Waals surface area contributed by atoms with E-state index in [1.54, 1.807) is 0 Å². The van der Waals surface area contributed by atoms with Gasteiger partial charge < -0.3 is 20.9 Å². The van der Waals surface area contributed by atoms with Crippen LogP contribution in [0, 0.1) is 6.92 Å². The first-order chi connectivity index (χ1) is 15.4. The molecule has 3 heterocycles. The second kappa shape index (κ2) is 9.30. The molecule has 0 spiro atoms. The highest BCUT2D eigenvalue weighted by atomic mass is 15.1. The number of rotatable bonds is 0. The van der Waals surface area contributed by atoms with Crippen LogP contribution in [0.25, 0.3) is 11.1 Å². The van der Waals surface area contributed by atoms with Crippen LogP contribution >= 0.6 is 0 Å². The Hall–Kier alpha value is -3.54. The minimum atomic E-state index is 0.526. The molecule has 6 nitrogen and oxygen atoms in total. The molecule has 0 saturated carbocycles. The molecule has 1 aliphatic rings. The summed E-state index contributed by atoms with van der Waals surface area (Å²) in [4.78, 5) is 13.5. The Kier molecular flexibility index (Phi) is 6.30. The van der Waals surface area contributed by atoms with E-state index in [0.29, 0.717) is 12.2 Å². The number of hydrogen-bond acceptors (Lipinski definition) is 6. The molecule has 4 rings (SSSR count). The fourth-order valence-electron chi connectivity index (χ4n) is 4.20. The Morgan fingerprint density at radius 3 is 2.56 bits per heavy atom. The first-order valence-electron chi connectivity index (χ1n) is 11.1. The van der Waals surface area contributed by atoms with Gasteiger partial charge in [-0.05, 0) is 49.6 Å². The molecule has 32 heavy (non-hydrogen) atoms. The SMILES string of the molecule is C=C1Cc2cc(cnc2N)-c2cncc(c2)N(C)CCCCN(C)c2cccc(c2C)N1. The lowest BCUT2D eigenvalue weighted by Crippen LogP contribution is -2.23. The van der Waals surface area contributed by atoms with Gasteiger partial charge in [0.2, 0.25) is 0 Å². The number of nitrogen functional groups attached to an aromatic ring is 1. The van der Waals surface area contributed by atoms with Crippen molar-refractivity contribution in [3.8, 4) is 11.1 Å². The molecule has 0 unspecified atom stereocenters. The van der Waals surface area contributed by atoms with Gasteiger partial charge in [-0.25, -0.2) is 4.98 Å². The van der Waals surface area contributed by atoms with Crippen molar-refractivity contribution in [2.75, 3.05) is 48.0 Å². The Labute approximate surface area is 190 Å². The first-order valence-corrected chi connectivity index (χ1v) is 11.1. The van der Waals surface area contributed by atoms with E-state index in [2.05, 4.69) is 83.0 Å². The van der Waals surface area contributed by atoms with E-state index in [1.807, 2.05) is 18.6 Å². The fraction of sp³-hybridized carbons (Fsp3) is 0.308. The van der Waals surface area contributed by atoms with Gasteiger partial charge >= 0.3 is 0 Å². The highest BCUT2D eigenvalue weighted by Crippen LogP contribution is 2.29. The normalized spacial score (nSPS) is 15.0. The van der Waals surface area contributed by atoms with Gasteiger partial charge in [0, 0.05) is 79.8 Å². The molecule has 6 bridgehead atoms. The molecule has 1 aliphatic heterocycles. The van der Waals surface area contributed by atoms with Crippen molar-refractivity contribution in [1.82, 2.24) is 9.97 Å². The third kappa shape index (κ3) is 4.69. The summed E-state index contributed by atoms with van der Waals surface area (Å²) in [6, 6.07) is 10.6. The molecule has 0 radical (unpaired) electrons. The molecule has 3 N–H and O–H groups in total. The van der Waals surface area contributed by atoms with Gasteiger partial charge in [0.25, 0.3) is 0 Å². The monoisotopic (exact) mass is 428 g/mol. The maximum absolute atomic E-state index is 6.22. The molecular formula is C26H32N6. The van der Waals surface area contributed by atoms with E-state index >= 15 is 0 Å². The molecule has 0 atom stereocenters. The topological polar surface area (TPSA) is 70.3 Å². The van der Waals surface area contributed by atoms with Crippen molar-refractivity contribution in [3.05, 3.63) is 72.3 Å². The third-order valence-electron chi connectivity index (χ3n) is 6.17. The van der Waals surface area contributed by atoms with Crippen molar-refractivity contribution in [3.63, 3.8) is 0 Å². The second-order valence-electron chi connectivity index (χ2n) is 8.61. The van der Waals surface area contributed by atoms with Crippen LogP contribution in [-0.2, 0) is 6.42 Å². The number of nitrogens with one attached hydrogen (secondary N) is 1. The van der Waals surface area contributed by atoms with E-state index in [-0.39, 0.29) is 0 Å². The highest BCUT2D eigenvalue weighted by molar-refractivity contribution is 5.70. The van der Waals surface area contributed by atoms with Crippen LogP contribution in [0.3, 0.4) is 0 Å². The van der Waals surface area contributed by atoms with Gasteiger partial charge in [-0.2, -0.15) is 0 Å². The predicted octanol–water partition coefficient (Wildman–Crippen LogP) is 4.87. The van der Waals surface area contributed by atoms with Crippen LogP contribution in [0.5, 0.6) is 0 Å². The summed E-state index contributed by atoms with van der Waals surface area (Å²) in [5.74, 6) is 0.526. The van der Waals surface area contributed by atoms with E-state index in [1.165, 1.54) is 11.3 Å². The van der Waals surface area contributed by atoms with Crippen molar-refractivity contribution in [2.24, 2.45) is 0 Å². The minimum Gasteiger partial charge on any atom is -0.383 e. The quantitative estimate of drug-likeness (QED) is 0.532. The van der Waals surface area contributed by atoms with E-state index in [9.17, 15) is 0 Å². The van der Waals surface area contributed by atoms with Gasteiger partial charge in [-0.15, -0.1) is 0 Å². The summed E-state index contributed by atoms with van der Waals surface area (Å²) in [6.45, 7) is 8.40. The van der Waals surface area contributed by atoms with E-state index in [0.717, 1.165) is 59.7 Å². The van der Waals surface area contributed by atoms with Gasteiger partial charge in [0.15, 0.2) is 0 Å². The number of hydrogen-bond donors (Lipinski definition) is 2. The summed E-state index contributed by atoms with van der Waals surface area (Å²) >= 11 is 0. The zero-order valence-electron chi connectivity index (χ0n) is 19.2. The van der Waals surface area contributed by atoms with Crippen LogP contribution in [0.1, 0.15) is 24.0 Å². The van der Waals surface area contributed by atoms with Crippen LogP contribution in [0.4, 0.5) is 22.9 Å². The number of allylic oxidation sites excluding steroid dienone is 1. The summed E-state index contributed by atoms with van der Waals surface area (Å²) in [5.41, 5.74) is 14.7. The average Bonchev–Trinajstić information content (AvgIpc) is 2.79. The number of aromatic nitrogens is 2. The van der Waals surface area contributed by atoms with E-state index < -0.39 is 0 Å². The zero-order valence-corrected chi connectivity index (χ0v) is 19.2. The molecule has 0 fully saturated rings. The highest BCUT2D eigenvalue weighted by Gasteiger charge is 2.13. The molecule has 0 aliphatic carbocycles. The van der Waals surface area contributed by atoms with Crippen LogP contribution in [0.15, 0.2) is 61.2 Å². The lowest BCUT2D eigenvalue weighted by Gasteiger charge is -2.25. The Morgan fingerprint density at radius 1 is 1.00 bits per heavy atom. The van der Waals surface area contributed by atoms with Crippen molar-refractivity contribution >= 4 is 22.9 Å². The third-order valence-corrected chi connectivity index (χ3v) is 6.17. The number of anilines is 4. The Morgan fingerprint density at radius 2 is 1.75 bits per heavy atom. The largest absolute Gasteiger partial charge is 0.383 e. The number of benzene rings is 1. The zero-order chi connectivity index (χ0) is 22.7. The van der Waals surface area contributed by atoms with Crippen molar-refractivity contribution < 1.29 is 0 Å². The number of nitrogens with zero attached hydrogens (tertiary/aromatic N) is 4. The van der Waals surface area contributed by atoms with Crippen LogP contribution in [-0.4, -0.2) is 37.2 Å². The first kappa shape index (κ1) is 21.7. The van der Waals surface area contributed by atoms with Gasteiger partial charge in [0.1, 0.15) is 5.82 Å². The molecule has 6 heteroatoms. The second-order valence-corrected chi connectivity index (χ2v) is 8.61.